The molecule has 0 fully saturated rings. The molecular formula is C18H18N4O3S. The van der Waals surface area contributed by atoms with Crippen LogP contribution >= 0.6 is 11.3 Å². The standard InChI is InChI=1S/C18H18N4O3S/c1-11-4-6-13(26-11)10-19-22-18(23)16-9-15(20-21-16)14-8-12(24-2)5-7-17(14)25-3/h4-10H,1-3H3,(H,20,21)(H,22,23). The van der Waals surface area contributed by atoms with Gasteiger partial charge in [0.2, 0.25) is 0 Å². The predicted molar refractivity (Wildman–Crippen MR) is 101 cm³/mol. The summed E-state index contributed by atoms with van der Waals surface area (Å²) in [6.07, 6.45) is 1.61. The van der Waals surface area contributed by atoms with Crippen molar-refractivity contribution in [1.29, 1.82) is 0 Å². The van der Waals surface area contributed by atoms with Crippen molar-refractivity contribution in [3.05, 3.63) is 51.8 Å². The van der Waals surface area contributed by atoms with E-state index in [2.05, 4.69) is 20.7 Å². The van der Waals surface area contributed by atoms with Gasteiger partial charge in [-0.3, -0.25) is 9.89 Å². The van der Waals surface area contributed by atoms with Crippen molar-refractivity contribution in [1.82, 2.24) is 15.6 Å². The lowest BCUT2D eigenvalue weighted by Crippen LogP contribution is -2.17. The van der Waals surface area contributed by atoms with Crippen molar-refractivity contribution in [3.8, 4) is 22.8 Å². The van der Waals surface area contributed by atoms with E-state index in [4.69, 9.17) is 9.47 Å². The highest BCUT2D eigenvalue weighted by Gasteiger charge is 2.14. The molecule has 0 spiro atoms. The van der Waals surface area contributed by atoms with Crippen LogP contribution in [-0.4, -0.2) is 36.5 Å². The van der Waals surface area contributed by atoms with E-state index in [9.17, 15) is 4.79 Å². The SMILES string of the molecule is COc1ccc(OC)c(-c2cc(C(=O)NN=Cc3ccc(C)s3)[nH]n2)c1. The van der Waals surface area contributed by atoms with Crippen LogP contribution in [0.3, 0.4) is 0 Å². The number of carbonyl (C=O) groups excluding carboxylic acids is 1. The summed E-state index contributed by atoms with van der Waals surface area (Å²) in [6, 6.07) is 11.0. The molecule has 0 radical (unpaired) electrons. The van der Waals surface area contributed by atoms with Gasteiger partial charge in [-0.2, -0.15) is 10.2 Å². The Labute approximate surface area is 154 Å². The molecule has 1 amide bonds. The van der Waals surface area contributed by atoms with E-state index in [0.717, 1.165) is 10.4 Å². The molecule has 3 aromatic rings. The molecule has 8 heteroatoms. The monoisotopic (exact) mass is 370 g/mol. The van der Waals surface area contributed by atoms with Gasteiger partial charge in [0.25, 0.3) is 5.91 Å². The topological polar surface area (TPSA) is 88.6 Å². The van der Waals surface area contributed by atoms with Gasteiger partial charge < -0.3 is 9.47 Å². The second-order valence-electron chi connectivity index (χ2n) is 5.38. The number of hydrogen-bond donors (Lipinski definition) is 2. The summed E-state index contributed by atoms with van der Waals surface area (Å²) in [7, 11) is 3.16. The van der Waals surface area contributed by atoms with E-state index in [1.54, 1.807) is 56.0 Å². The van der Waals surface area contributed by atoms with Crippen LogP contribution < -0.4 is 14.9 Å². The van der Waals surface area contributed by atoms with Crippen LogP contribution in [-0.2, 0) is 0 Å². The van der Waals surface area contributed by atoms with Gasteiger partial charge in [-0.15, -0.1) is 11.3 Å². The maximum absolute atomic E-state index is 12.2. The summed E-state index contributed by atoms with van der Waals surface area (Å²) in [4.78, 5) is 14.4. The number of nitrogens with one attached hydrogen (secondary N) is 2. The molecule has 0 aliphatic carbocycles. The van der Waals surface area contributed by atoms with Gasteiger partial charge >= 0.3 is 0 Å². The molecule has 2 aromatic heterocycles. The lowest BCUT2D eigenvalue weighted by Gasteiger charge is -2.08. The Kier molecular flexibility index (Phi) is 5.33. The van der Waals surface area contributed by atoms with Gasteiger partial charge in [0.1, 0.15) is 17.2 Å². The maximum Gasteiger partial charge on any atom is 0.289 e. The number of ether oxygens (including phenoxy) is 2. The van der Waals surface area contributed by atoms with Crippen molar-refractivity contribution in [2.45, 2.75) is 6.92 Å². The fourth-order valence-corrected chi connectivity index (χ4v) is 3.08. The minimum Gasteiger partial charge on any atom is -0.497 e. The van der Waals surface area contributed by atoms with Crippen LogP contribution in [0.2, 0.25) is 0 Å². The number of methoxy groups -OCH3 is 2. The number of aromatic amines is 1. The Morgan fingerprint density at radius 3 is 2.77 bits per heavy atom. The van der Waals surface area contributed by atoms with Gasteiger partial charge in [0.15, 0.2) is 0 Å². The number of nitrogens with zero attached hydrogens (tertiary/aromatic N) is 2. The van der Waals surface area contributed by atoms with Crippen molar-refractivity contribution < 1.29 is 14.3 Å². The van der Waals surface area contributed by atoms with Gasteiger partial charge in [-0.1, -0.05) is 0 Å². The molecule has 7 nitrogen and oxygen atoms in total. The molecule has 1 aromatic carbocycles. The number of rotatable bonds is 6. The molecule has 2 N–H and O–H groups in total. The van der Waals surface area contributed by atoms with Crippen LogP contribution in [0.5, 0.6) is 11.5 Å². The van der Waals surface area contributed by atoms with Crippen LogP contribution in [0, 0.1) is 6.92 Å². The van der Waals surface area contributed by atoms with Gasteiger partial charge in [-0.05, 0) is 43.3 Å². The largest absolute Gasteiger partial charge is 0.497 e. The summed E-state index contributed by atoms with van der Waals surface area (Å²) in [6.45, 7) is 2.01. The summed E-state index contributed by atoms with van der Waals surface area (Å²) in [5.41, 5.74) is 4.07. The minimum atomic E-state index is -0.379. The first-order valence-corrected chi connectivity index (χ1v) is 8.60. The fourth-order valence-electron chi connectivity index (χ4n) is 2.33. The highest BCUT2D eigenvalue weighted by Crippen LogP contribution is 2.32. The van der Waals surface area contributed by atoms with Crippen molar-refractivity contribution >= 4 is 23.5 Å². The zero-order chi connectivity index (χ0) is 18.5. The smallest absolute Gasteiger partial charge is 0.289 e. The zero-order valence-electron chi connectivity index (χ0n) is 14.6. The summed E-state index contributed by atoms with van der Waals surface area (Å²) < 4.78 is 10.6. The molecule has 0 unspecified atom stereocenters. The van der Waals surface area contributed by atoms with E-state index < -0.39 is 0 Å². The minimum absolute atomic E-state index is 0.296. The first-order valence-electron chi connectivity index (χ1n) is 7.78. The second kappa shape index (κ2) is 7.83. The zero-order valence-corrected chi connectivity index (χ0v) is 15.4. The van der Waals surface area contributed by atoms with Crippen LogP contribution in [0.4, 0.5) is 0 Å². The number of hydrogen-bond acceptors (Lipinski definition) is 6. The quantitative estimate of drug-likeness (QED) is 0.515. The first-order chi connectivity index (χ1) is 12.6. The van der Waals surface area contributed by atoms with Crippen molar-refractivity contribution in [3.63, 3.8) is 0 Å². The Bertz CT molecular complexity index is 946. The molecule has 0 saturated heterocycles. The highest BCUT2D eigenvalue weighted by molar-refractivity contribution is 7.13. The highest BCUT2D eigenvalue weighted by atomic mass is 32.1. The predicted octanol–water partition coefficient (Wildman–Crippen LogP) is 3.23. The van der Waals surface area contributed by atoms with Crippen molar-refractivity contribution in [2.75, 3.05) is 14.2 Å². The Morgan fingerprint density at radius 1 is 1.23 bits per heavy atom. The maximum atomic E-state index is 12.2. The molecular weight excluding hydrogens is 352 g/mol. The second-order valence-corrected chi connectivity index (χ2v) is 6.70. The number of hydrazone groups is 1. The van der Waals surface area contributed by atoms with E-state index in [1.165, 1.54) is 4.88 Å². The third-order valence-electron chi connectivity index (χ3n) is 3.62. The Morgan fingerprint density at radius 2 is 2.08 bits per heavy atom. The molecule has 26 heavy (non-hydrogen) atoms. The molecule has 0 saturated carbocycles. The number of thiophene rings is 1. The van der Waals surface area contributed by atoms with E-state index in [0.29, 0.717) is 22.9 Å². The van der Waals surface area contributed by atoms with E-state index in [-0.39, 0.29) is 5.91 Å². The molecule has 2 heterocycles. The Balaban J connectivity index is 1.75. The summed E-state index contributed by atoms with van der Waals surface area (Å²) in [5, 5.41) is 10.9. The summed E-state index contributed by atoms with van der Waals surface area (Å²) >= 11 is 1.60. The molecule has 134 valence electrons. The normalized spacial score (nSPS) is 10.9. The van der Waals surface area contributed by atoms with E-state index in [1.807, 2.05) is 19.1 Å². The number of amides is 1. The Hall–Kier alpha value is -3.13. The first kappa shape index (κ1) is 17.7. The lowest BCUT2D eigenvalue weighted by molar-refractivity contribution is 0.0950. The van der Waals surface area contributed by atoms with E-state index >= 15 is 0 Å². The van der Waals surface area contributed by atoms with Crippen LogP contribution in [0.15, 0.2) is 41.5 Å². The molecule has 0 aliphatic heterocycles. The molecule has 0 aliphatic rings. The number of benzene rings is 1. The average molecular weight is 370 g/mol. The third kappa shape index (κ3) is 3.92. The van der Waals surface area contributed by atoms with Gasteiger partial charge in [-0.25, -0.2) is 5.43 Å². The van der Waals surface area contributed by atoms with Gasteiger partial charge in [0, 0.05) is 15.3 Å². The van der Waals surface area contributed by atoms with Gasteiger partial charge in [0.05, 0.1) is 26.1 Å². The lowest BCUT2D eigenvalue weighted by atomic mass is 10.1. The average Bonchev–Trinajstić information content (AvgIpc) is 3.30. The number of aromatic nitrogens is 2. The third-order valence-corrected chi connectivity index (χ3v) is 4.56. The number of H-pyrrole nitrogens is 1. The number of carbonyl (C=O) groups is 1. The molecule has 0 atom stereocenters. The summed E-state index contributed by atoms with van der Waals surface area (Å²) in [5.74, 6) is 0.927. The van der Waals surface area contributed by atoms with Crippen LogP contribution in [0.25, 0.3) is 11.3 Å². The molecule has 3 rings (SSSR count). The molecule has 0 bridgehead atoms. The van der Waals surface area contributed by atoms with Crippen molar-refractivity contribution in [2.24, 2.45) is 5.10 Å². The van der Waals surface area contributed by atoms with Crippen LogP contribution in [0.1, 0.15) is 20.2 Å². The fraction of sp³-hybridized carbons (Fsp3) is 0.167. The number of aryl methyl sites for hydroxylation is 1.